The summed E-state index contributed by atoms with van der Waals surface area (Å²) in [6.07, 6.45) is 3.88. The molecule has 0 bridgehead atoms. The molecule has 0 aliphatic carbocycles. The number of hydrogen-bond acceptors (Lipinski definition) is 1. The SMILES string of the molecule is CCCC#CCN=Cc1ccc(Cl)cc1. The van der Waals surface area contributed by atoms with E-state index in [4.69, 9.17) is 11.6 Å². The predicted octanol–water partition coefficient (Wildman–Crippen LogP) is 3.56. The van der Waals surface area contributed by atoms with Crippen molar-refractivity contribution < 1.29 is 0 Å². The van der Waals surface area contributed by atoms with Crippen LogP contribution < -0.4 is 0 Å². The molecule has 0 amide bonds. The van der Waals surface area contributed by atoms with E-state index < -0.39 is 0 Å². The van der Waals surface area contributed by atoms with E-state index in [1.165, 1.54) is 0 Å². The van der Waals surface area contributed by atoms with Gasteiger partial charge in [-0.15, -0.1) is 5.92 Å². The van der Waals surface area contributed by atoms with Gasteiger partial charge in [0.15, 0.2) is 0 Å². The number of unbranched alkanes of at least 4 members (excludes halogenated alkanes) is 1. The maximum atomic E-state index is 5.76. The molecule has 78 valence electrons. The van der Waals surface area contributed by atoms with Gasteiger partial charge in [0.25, 0.3) is 0 Å². The number of halogens is 1. The molecule has 0 aliphatic heterocycles. The van der Waals surface area contributed by atoms with Crippen LogP contribution in [-0.4, -0.2) is 12.8 Å². The monoisotopic (exact) mass is 219 g/mol. The van der Waals surface area contributed by atoms with E-state index in [1.807, 2.05) is 30.5 Å². The molecule has 15 heavy (non-hydrogen) atoms. The molecular weight excluding hydrogens is 206 g/mol. The highest BCUT2D eigenvalue weighted by Gasteiger charge is 1.86. The molecule has 0 saturated heterocycles. The molecule has 0 atom stereocenters. The van der Waals surface area contributed by atoms with Gasteiger partial charge in [-0.05, 0) is 24.1 Å². The van der Waals surface area contributed by atoms with E-state index in [-0.39, 0.29) is 0 Å². The maximum absolute atomic E-state index is 5.76. The van der Waals surface area contributed by atoms with Gasteiger partial charge in [0.1, 0.15) is 0 Å². The third-order valence-corrected chi connectivity index (χ3v) is 2.03. The van der Waals surface area contributed by atoms with Gasteiger partial charge >= 0.3 is 0 Å². The second-order valence-corrected chi connectivity index (χ2v) is 3.56. The highest BCUT2D eigenvalue weighted by atomic mass is 35.5. The number of aliphatic imine (C=N–C) groups is 1. The Kier molecular flexibility index (Phi) is 5.58. The first-order valence-electron chi connectivity index (χ1n) is 5.04. The average molecular weight is 220 g/mol. The molecule has 0 N–H and O–H groups in total. The van der Waals surface area contributed by atoms with Crippen molar-refractivity contribution in [3.63, 3.8) is 0 Å². The molecule has 1 nitrogen and oxygen atoms in total. The Hall–Kier alpha value is -1.26. The second kappa shape index (κ2) is 7.09. The highest BCUT2D eigenvalue weighted by molar-refractivity contribution is 6.30. The maximum Gasteiger partial charge on any atom is 0.0997 e. The van der Waals surface area contributed by atoms with Crippen LogP contribution in [0.3, 0.4) is 0 Å². The van der Waals surface area contributed by atoms with Crippen molar-refractivity contribution in [2.45, 2.75) is 19.8 Å². The zero-order valence-electron chi connectivity index (χ0n) is 8.83. The minimum Gasteiger partial charge on any atom is -0.280 e. The van der Waals surface area contributed by atoms with Gasteiger partial charge in [-0.1, -0.05) is 36.6 Å². The summed E-state index contributed by atoms with van der Waals surface area (Å²) in [5, 5.41) is 0.745. The fraction of sp³-hybridized carbons (Fsp3) is 0.308. The van der Waals surface area contributed by atoms with E-state index >= 15 is 0 Å². The summed E-state index contributed by atoms with van der Waals surface area (Å²) in [5.74, 6) is 6.04. The van der Waals surface area contributed by atoms with E-state index in [2.05, 4.69) is 23.8 Å². The van der Waals surface area contributed by atoms with Crippen LogP contribution in [0.2, 0.25) is 5.02 Å². The average Bonchev–Trinajstić information content (AvgIpc) is 2.26. The lowest BCUT2D eigenvalue weighted by atomic mass is 10.2. The number of hydrogen-bond donors (Lipinski definition) is 0. The van der Waals surface area contributed by atoms with Gasteiger partial charge in [0.05, 0.1) is 6.54 Å². The van der Waals surface area contributed by atoms with Crippen molar-refractivity contribution in [3.05, 3.63) is 34.9 Å². The van der Waals surface area contributed by atoms with E-state index in [0.29, 0.717) is 6.54 Å². The lowest BCUT2D eigenvalue weighted by Gasteiger charge is -1.91. The lowest BCUT2D eigenvalue weighted by molar-refractivity contribution is 0.982. The van der Waals surface area contributed by atoms with Crippen LogP contribution in [0.1, 0.15) is 25.3 Å². The Morgan fingerprint density at radius 1 is 1.27 bits per heavy atom. The molecule has 0 fully saturated rings. The van der Waals surface area contributed by atoms with Crippen LogP contribution in [-0.2, 0) is 0 Å². The summed E-state index contributed by atoms with van der Waals surface area (Å²) in [6, 6.07) is 7.58. The first-order valence-corrected chi connectivity index (χ1v) is 5.42. The minimum atomic E-state index is 0.572. The van der Waals surface area contributed by atoms with Gasteiger partial charge in [0, 0.05) is 17.7 Å². The van der Waals surface area contributed by atoms with Gasteiger partial charge < -0.3 is 0 Å². The summed E-state index contributed by atoms with van der Waals surface area (Å²) in [7, 11) is 0. The molecule has 0 unspecified atom stereocenters. The molecular formula is C13H14ClN. The lowest BCUT2D eigenvalue weighted by Crippen LogP contribution is -1.81. The predicted molar refractivity (Wildman–Crippen MR) is 66.6 cm³/mol. The third-order valence-electron chi connectivity index (χ3n) is 1.78. The Morgan fingerprint density at radius 3 is 2.67 bits per heavy atom. The summed E-state index contributed by atoms with van der Waals surface area (Å²) in [5.41, 5.74) is 1.05. The zero-order valence-corrected chi connectivity index (χ0v) is 9.59. The molecule has 1 rings (SSSR count). The number of benzene rings is 1. The van der Waals surface area contributed by atoms with E-state index in [9.17, 15) is 0 Å². The van der Waals surface area contributed by atoms with Crippen molar-refractivity contribution in [1.82, 2.24) is 0 Å². The van der Waals surface area contributed by atoms with E-state index in [1.54, 1.807) is 0 Å². The fourth-order valence-electron chi connectivity index (χ4n) is 1.01. The normalized spacial score (nSPS) is 10.0. The van der Waals surface area contributed by atoms with Crippen LogP contribution in [0.4, 0.5) is 0 Å². The molecule has 0 radical (unpaired) electrons. The van der Waals surface area contributed by atoms with Gasteiger partial charge in [-0.3, -0.25) is 4.99 Å². The Morgan fingerprint density at radius 2 is 2.00 bits per heavy atom. The summed E-state index contributed by atoms with van der Waals surface area (Å²) in [4.78, 5) is 4.20. The van der Waals surface area contributed by atoms with Crippen molar-refractivity contribution in [1.29, 1.82) is 0 Å². The topological polar surface area (TPSA) is 12.4 Å². The van der Waals surface area contributed by atoms with Gasteiger partial charge in [0.2, 0.25) is 0 Å². The van der Waals surface area contributed by atoms with Crippen molar-refractivity contribution in [2.24, 2.45) is 4.99 Å². The molecule has 0 aromatic heterocycles. The Bertz CT molecular complexity index is 368. The summed E-state index contributed by atoms with van der Waals surface area (Å²) < 4.78 is 0. The van der Waals surface area contributed by atoms with Crippen LogP contribution in [0, 0.1) is 11.8 Å². The van der Waals surface area contributed by atoms with Gasteiger partial charge in [-0.2, -0.15) is 0 Å². The quantitative estimate of drug-likeness (QED) is 0.545. The number of rotatable bonds is 3. The van der Waals surface area contributed by atoms with E-state index in [0.717, 1.165) is 23.4 Å². The van der Waals surface area contributed by atoms with Gasteiger partial charge in [-0.25, -0.2) is 0 Å². The first-order chi connectivity index (χ1) is 7.33. The molecule has 1 aromatic rings. The summed E-state index contributed by atoms with van der Waals surface area (Å²) >= 11 is 5.76. The van der Waals surface area contributed by atoms with Crippen LogP contribution >= 0.6 is 11.6 Å². The molecule has 2 heteroatoms. The summed E-state index contributed by atoms with van der Waals surface area (Å²) in [6.45, 7) is 2.69. The van der Waals surface area contributed by atoms with Crippen molar-refractivity contribution in [2.75, 3.05) is 6.54 Å². The standard InChI is InChI=1S/C13H14ClN/c1-2-3-4-5-10-15-11-12-6-8-13(14)9-7-12/h6-9,11H,2-3,10H2,1H3. The largest absolute Gasteiger partial charge is 0.280 e. The van der Waals surface area contributed by atoms with Crippen LogP contribution in [0.5, 0.6) is 0 Å². The Balaban J connectivity index is 2.39. The van der Waals surface area contributed by atoms with Crippen LogP contribution in [0.15, 0.2) is 29.3 Å². The molecule has 1 aromatic carbocycles. The van der Waals surface area contributed by atoms with Crippen LogP contribution in [0.25, 0.3) is 0 Å². The molecule has 0 saturated carbocycles. The molecule has 0 spiro atoms. The van der Waals surface area contributed by atoms with Crippen molar-refractivity contribution in [3.8, 4) is 11.8 Å². The minimum absolute atomic E-state index is 0.572. The fourth-order valence-corrected chi connectivity index (χ4v) is 1.14. The van der Waals surface area contributed by atoms with Crippen molar-refractivity contribution >= 4 is 17.8 Å². The first kappa shape index (κ1) is 11.8. The third kappa shape index (κ3) is 5.24. The number of nitrogens with zero attached hydrogens (tertiary/aromatic N) is 1. The highest BCUT2D eigenvalue weighted by Crippen LogP contribution is 2.07. The Labute approximate surface area is 96.2 Å². The molecule has 0 aliphatic rings. The zero-order chi connectivity index (χ0) is 10.9. The second-order valence-electron chi connectivity index (χ2n) is 3.12. The smallest absolute Gasteiger partial charge is 0.0997 e. The molecule has 0 heterocycles.